The Balaban J connectivity index is 4.30. The van der Waals surface area contributed by atoms with Gasteiger partial charge in [-0.3, -0.25) is 9.59 Å². The van der Waals surface area contributed by atoms with Gasteiger partial charge in [-0.05, 0) is 26.7 Å². The highest BCUT2D eigenvalue weighted by Gasteiger charge is 2.36. The smallest absolute Gasteiger partial charge is 0.326 e. The normalized spacial score (nSPS) is 17.2. The summed E-state index contributed by atoms with van der Waals surface area (Å²) in [5, 5.41) is 0. The van der Waals surface area contributed by atoms with Gasteiger partial charge in [0.05, 0.1) is 6.61 Å². The molecule has 0 heterocycles. The zero-order chi connectivity index (χ0) is 15.1. The quantitative estimate of drug-likeness (QED) is 0.354. The maximum atomic E-state index is 11.8. The van der Waals surface area contributed by atoms with Crippen LogP contribution in [0.3, 0.4) is 0 Å². The molecule has 0 aliphatic rings. The van der Waals surface area contributed by atoms with E-state index in [1.807, 2.05) is 13.8 Å². The Kier molecular flexibility index (Phi) is 8.20. The van der Waals surface area contributed by atoms with E-state index in [1.165, 1.54) is 0 Å². The largest absolute Gasteiger partial charge is 0.465 e. The van der Waals surface area contributed by atoms with E-state index < -0.39 is 14.6 Å². The number of hydrogen-bond donors (Lipinski definition) is 0. The minimum Gasteiger partial charge on any atom is -0.465 e. The molecule has 0 bridgehead atoms. The van der Waals surface area contributed by atoms with Crippen molar-refractivity contribution in [3.05, 3.63) is 0 Å². The minimum atomic E-state index is -1.01. The van der Waals surface area contributed by atoms with Gasteiger partial charge in [-0.1, -0.05) is 52.1 Å². The molecule has 0 aromatic carbocycles. The molecule has 0 fully saturated rings. The van der Waals surface area contributed by atoms with E-state index in [-0.39, 0.29) is 12.6 Å². The van der Waals surface area contributed by atoms with E-state index in [4.69, 9.17) is 9.47 Å². The van der Waals surface area contributed by atoms with Crippen LogP contribution >= 0.6 is 31.9 Å². The van der Waals surface area contributed by atoms with Gasteiger partial charge in [0.1, 0.15) is 10.9 Å². The zero-order valence-corrected chi connectivity index (χ0v) is 15.1. The summed E-state index contributed by atoms with van der Waals surface area (Å²) in [6.45, 7) is 7.59. The molecule has 0 radical (unpaired) electrons. The highest BCUT2D eigenvalue weighted by atomic mass is 79.9. The second-order valence-electron chi connectivity index (χ2n) is 4.81. The Morgan fingerprint density at radius 2 is 1.53 bits per heavy atom. The molecule has 0 saturated heterocycles. The van der Waals surface area contributed by atoms with Gasteiger partial charge in [-0.15, -0.1) is 0 Å². The van der Waals surface area contributed by atoms with E-state index in [0.717, 1.165) is 12.8 Å². The van der Waals surface area contributed by atoms with Gasteiger partial charge in [-0.25, -0.2) is 0 Å². The third-order valence-electron chi connectivity index (χ3n) is 2.72. The highest BCUT2D eigenvalue weighted by molar-refractivity contribution is 9.10. The summed E-state index contributed by atoms with van der Waals surface area (Å²) in [6.07, 6.45) is 2.38. The molecule has 6 heteroatoms. The Morgan fingerprint density at radius 1 is 1.00 bits per heavy atom. The molecule has 112 valence electrons. The lowest BCUT2D eigenvalue weighted by atomic mass is 10.1. The van der Waals surface area contributed by atoms with Crippen molar-refractivity contribution in [2.75, 3.05) is 13.2 Å². The molecule has 4 nitrogen and oxygen atoms in total. The predicted octanol–water partition coefficient (Wildman–Crippen LogP) is 3.59. The molecule has 0 spiro atoms. The fourth-order valence-corrected chi connectivity index (χ4v) is 1.36. The number of halogens is 2. The summed E-state index contributed by atoms with van der Waals surface area (Å²) < 4.78 is 8.53. The van der Waals surface area contributed by atoms with E-state index in [0.29, 0.717) is 13.0 Å². The van der Waals surface area contributed by atoms with Crippen LogP contribution in [-0.2, 0) is 19.1 Å². The minimum absolute atomic E-state index is 0.0576. The standard InChI is InChI=1S/C13H22Br2O4/c1-5-7-8-18-11(17)13(4,15)9-19-10(16)12(3,14)6-2/h5-9H2,1-4H3. The molecule has 0 aromatic heterocycles. The van der Waals surface area contributed by atoms with E-state index in [9.17, 15) is 9.59 Å². The first-order valence-electron chi connectivity index (χ1n) is 6.39. The van der Waals surface area contributed by atoms with Gasteiger partial charge in [-0.2, -0.15) is 0 Å². The first-order valence-corrected chi connectivity index (χ1v) is 7.98. The van der Waals surface area contributed by atoms with Crippen molar-refractivity contribution in [1.82, 2.24) is 0 Å². The highest BCUT2D eigenvalue weighted by Crippen LogP contribution is 2.26. The number of alkyl halides is 2. The summed E-state index contributed by atoms with van der Waals surface area (Å²) in [7, 11) is 0. The first kappa shape index (κ1) is 18.9. The van der Waals surface area contributed by atoms with Crippen molar-refractivity contribution < 1.29 is 19.1 Å². The van der Waals surface area contributed by atoms with Crippen LogP contribution in [0.15, 0.2) is 0 Å². The second kappa shape index (κ2) is 8.25. The Labute approximate surface area is 131 Å². The van der Waals surface area contributed by atoms with Crippen molar-refractivity contribution in [3.63, 3.8) is 0 Å². The van der Waals surface area contributed by atoms with Crippen molar-refractivity contribution in [1.29, 1.82) is 0 Å². The monoisotopic (exact) mass is 400 g/mol. The lowest BCUT2D eigenvalue weighted by Gasteiger charge is -2.24. The molecule has 0 amide bonds. The van der Waals surface area contributed by atoms with Crippen LogP contribution in [0.1, 0.15) is 47.0 Å². The van der Waals surface area contributed by atoms with Crippen LogP contribution in [0.4, 0.5) is 0 Å². The Bertz CT molecular complexity index is 314. The van der Waals surface area contributed by atoms with Crippen LogP contribution in [-0.4, -0.2) is 33.8 Å². The fourth-order valence-electron chi connectivity index (χ4n) is 1.01. The molecule has 0 aliphatic heterocycles. The molecule has 19 heavy (non-hydrogen) atoms. The summed E-state index contributed by atoms with van der Waals surface area (Å²) in [4.78, 5) is 23.6. The number of carbonyl (C=O) groups is 2. The molecule has 0 saturated carbocycles. The third-order valence-corrected chi connectivity index (χ3v) is 4.16. The van der Waals surface area contributed by atoms with Crippen molar-refractivity contribution in [2.45, 2.75) is 55.6 Å². The van der Waals surface area contributed by atoms with Gasteiger partial charge in [0.25, 0.3) is 0 Å². The summed E-state index contributed by atoms with van der Waals surface area (Å²) >= 11 is 6.55. The lowest BCUT2D eigenvalue weighted by molar-refractivity contribution is -0.153. The average Bonchev–Trinajstić information content (AvgIpc) is 2.36. The van der Waals surface area contributed by atoms with Gasteiger partial charge < -0.3 is 9.47 Å². The maximum Gasteiger partial charge on any atom is 0.326 e. The summed E-state index contributed by atoms with van der Waals surface area (Å²) in [5.41, 5.74) is 0. The van der Waals surface area contributed by atoms with Crippen molar-refractivity contribution in [2.24, 2.45) is 0 Å². The number of unbranched alkanes of at least 4 members (excludes halogenated alkanes) is 1. The first-order chi connectivity index (χ1) is 8.67. The summed E-state index contributed by atoms with van der Waals surface area (Å²) in [6, 6.07) is 0. The molecular weight excluding hydrogens is 380 g/mol. The zero-order valence-electron chi connectivity index (χ0n) is 11.9. The van der Waals surface area contributed by atoms with E-state index in [2.05, 4.69) is 31.9 Å². The molecule has 0 aliphatic carbocycles. The molecule has 0 N–H and O–H groups in total. The topological polar surface area (TPSA) is 52.6 Å². The molecule has 2 unspecified atom stereocenters. The maximum absolute atomic E-state index is 11.8. The van der Waals surface area contributed by atoms with Crippen LogP contribution in [0.2, 0.25) is 0 Å². The van der Waals surface area contributed by atoms with E-state index >= 15 is 0 Å². The van der Waals surface area contributed by atoms with Crippen LogP contribution in [0.25, 0.3) is 0 Å². The van der Waals surface area contributed by atoms with E-state index in [1.54, 1.807) is 13.8 Å². The van der Waals surface area contributed by atoms with Crippen molar-refractivity contribution in [3.8, 4) is 0 Å². The van der Waals surface area contributed by atoms with Crippen LogP contribution in [0, 0.1) is 0 Å². The Hall–Kier alpha value is -0.100. The fraction of sp³-hybridized carbons (Fsp3) is 0.846. The second-order valence-corrected chi connectivity index (χ2v) is 8.31. The number of esters is 2. The van der Waals surface area contributed by atoms with Crippen LogP contribution < -0.4 is 0 Å². The molecule has 2 atom stereocenters. The van der Waals surface area contributed by atoms with Gasteiger partial charge in [0, 0.05) is 0 Å². The van der Waals surface area contributed by atoms with Crippen LogP contribution in [0.5, 0.6) is 0 Å². The van der Waals surface area contributed by atoms with Gasteiger partial charge in [0.2, 0.25) is 0 Å². The average molecular weight is 402 g/mol. The Morgan fingerprint density at radius 3 is 2.00 bits per heavy atom. The van der Waals surface area contributed by atoms with Gasteiger partial charge in [0.15, 0.2) is 4.32 Å². The third kappa shape index (κ3) is 6.75. The predicted molar refractivity (Wildman–Crippen MR) is 81.8 cm³/mol. The molecular formula is C13H22Br2O4. The summed E-state index contributed by atoms with van der Waals surface area (Å²) in [5.74, 6) is -0.802. The number of ether oxygens (including phenoxy) is 2. The number of rotatable bonds is 8. The van der Waals surface area contributed by atoms with Gasteiger partial charge >= 0.3 is 11.9 Å². The number of carbonyl (C=O) groups excluding carboxylic acids is 2. The van der Waals surface area contributed by atoms with Crippen molar-refractivity contribution >= 4 is 43.8 Å². The molecule has 0 rings (SSSR count). The SMILES string of the molecule is CCCCOC(=O)C(C)(Br)COC(=O)C(C)(Br)CC. The lowest BCUT2D eigenvalue weighted by Crippen LogP contribution is -2.39. The molecule has 0 aromatic rings. The number of hydrogen-bond acceptors (Lipinski definition) is 4.